The number of rotatable bonds is 2. The van der Waals surface area contributed by atoms with E-state index in [2.05, 4.69) is 15.9 Å². The number of β-amino-alcohol motifs (C(OH)–C–C–N with tert-alkyl or cyclic N) is 1. The largest absolute Gasteiger partial charge is 0.391 e. The van der Waals surface area contributed by atoms with E-state index in [1.54, 1.807) is 24.3 Å². The van der Waals surface area contributed by atoms with Crippen LogP contribution in [-0.4, -0.2) is 40.9 Å². The Morgan fingerprint density at radius 2 is 1.94 bits per heavy atom. The normalized spacial score (nSPS) is 19.7. The zero-order valence-corrected chi connectivity index (χ0v) is 11.4. The SMILES string of the molecule is O=C(C(=O)N1CCCC(O)C1)c1ccc(Br)cc1. The monoisotopic (exact) mass is 311 g/mol. The zero-order chi connectivity index (χ0) is 13.1. The van der Waals surface area contributed by atoms with E-state index in [-0.39, 0.29) is 6.54 Å². The zero-order valence-electron chi connectivity index (χ0n) is 9.80. The highest BCUT2D eigenvalue weighted by molar-refractivity contribution is 9.10. The van der Waals surface area contributed by atoms with Gasteiger partial charge in [-0.05, 0) is 37.1 Å². The summed E-state index contributed by atoms with van der Waals surface area (Å²) < 4.78 is 0.861. The molecule has 1 saturated heterocycles. The summed E-state index contributed by atoms with van der Waals surface area (Å²) in [6.45, 7) is 0.791. The summed E-state index contributed by atoms with van der Waals surface area (Å²) in [5.41, 5.74) is 0.378. The maximum absolute atomic E-state index is 12.0. The van der Waals surface area contributed by atoms with E-state index in [9.17, 15) is 14.7 Å². The first-order valence-corrected chi connectivity index (χ1v) is 6.64. The van der Waals surface area contributed by atoms with E-state index in [1.165, 1.54) is 4.90 Å². The summed E-state index contributed by atoms with van der Waals surface area (Å²) in [5, 5.41) is 9.51. The van der Waals surface area contributed by atoms with Gasteiger partial charge >= 0.3 is 0 Å². The van der Waals surface area contributed by atoms with Crippen LogP contribution < -0.4 is 0 Å². The van der Waals surface area contributed by atoms with Crippen LogP contribution in [0.4, 0.5) is 0 Å². The number of Topliss-reactive ketones (excluding diaryl/α,β-unsaturated/α-hetero) is 1. The van der Waals surface area contributed by atoms with Crippen molar-refractivity contribution in [1.29, 1.82) is 0 Å². The van der Waals surface area contributed by atoms with E-state index < -0.39 is 17.8 Å². The number of hydrogen-bond donors (Lipinski definition) is 1. The van der Waals surface area contributed by atoms with E-state index in [1.807, 2.05) is 0 Å². The highest BCUT2D eigenvalue weighted by Gasteiger charge is 2.27. The van der Waals surface area contributed by atoms with Gasteiger partial charge in [-0.25, -0.2) is 0 Å². The molecule has 2 rings (SSSR count). The van der Waals surface area contributed by atoms with Crippen LogP contribution in [0.1, 0.15) is 23.2 Å². The molecule has 18 heavy (non-hydrogen) atoms. The van der Waals surface area contributed by atoms with Crippen LogP contribution in [0.2, 0.25) is 0 Å². The van der Waals surface area contributed by atoms with Crippen LogP contribution >= 0.6 is 15.9 Å². The van der Waals surface area contributed by atoms with Gasteiger partial charge in [0, 0.05) is 23.1 Å². The van der Waals surface area contributed by atoms with E-state index in [0.29, 0.717) is 18.5 Å². The van der Waals surface area contributed by atoms with Crippen LogP contribution in [0.3, 0.4) is 0 Å². The second-order valence-corrected chi connectivity index (χ2v) is 5.30. The van der Waals surface area contributed by atoms with E-state index in [0.717, 1.165) is 10.9 Å². The molecule has 1 N–H and O–H groups in total. The van der Waals surface area contributed by atoms with Crippen LogP contribution in [0.15, 0.2) is 28.7 Å². The lowest BCUT2D eigenvalue weighted by Gasteiger charge is -2.29. The van der Waals surface area contributed by atoms with Crippen molar-refractivity contribution in [1.82, 2.24) is 4.90 Å². The minimum atomic E-state index is -0.531. The molecule has 1 heterocycles. The van der Waals surface area contributed by atoms with Gasteiger partial charge in [0.1, 0.15) is 0 Å². The van der Waals surface area contributed by atoms with Crippen molar-refractivity contribution in [3.05, 3.63) is 34.3 Å². The molecule has 1 unspecified atom stereocenters. The summed E-state index contributed by atoms with van der Waals surface area (Å²) in [5.74, 6) is -1.05. The van der Waals surface area contributed by atoms with Gasteiger partial charge in [-0.3, -0.25) is 9.59 Å². The van der Waals surface area contributed by atoms with Gasteiger partial charge in [-0.2, -0.15) is 0 Å². The maximum Gasteiger partial charge on any atom is 0.295 e. The summed E-state index contributed by atoms with van der Waals surface area (Å²) in [6, 6.07) is 6.69. The Balaban J connectivity index is 2.08. The number of carbonyl (C=O) groups excluding carboxylic acids is 2. The molecule has 1 fully saturated rings. The lowest BCUT2D eigenvalue weighted by molar-refractivity contribution is -0.129. The van der Waals surface area contributed by atoms with Crippen molar-refractivity contribution in [2.45, 2.75) is 18.9 Å². The average molecular weight is 312 g/mol. The number of benzene rings is 1. The molecule has 0 bridgehead atoms. The molecule has 1 aliphatic rings. The van der Waals surface area contributed by atoms with Crippen molar-refractivity contribution in [2.24, 2.45) is 0 Å². The third kappa shape index (κ3) is 2.97. The molecule has 0 aliphatic carbocycles. The number of ketones is 1. The second kappa shape index (κ2) is 5.63. The minimum absolute atomic E-state index is 0.251. The molecule has 0 saturated carbocycles. The Morgan fingerprint density at radius 3 is 2.56 bits per heavy atom. The van der Waals surface area contributed by atoms with Gasteiger partial charge in [0.05, 0.1) is 6.10 Å². The molecule has 4 nitrogen and oxygen atoms in total. The summed E-state index contributed by atoms with van der Waals surface area (Å²) in [4.78, 5) is 25.4. The number of carbonyl (C=O) groups is 2. The van der Waals surface area contributed by atoms with Gasteiger partial charge in [0.25, 0.3) is 5.91 Å². The fourth-order valence-electron chi connectivity index (χ4n) is 2.01. The van der Waals surface area contributed by atoms with Crippen molar-refractivity contribution in [3.8, 4) is 0 Å². The lowest BCUT2D eigenvalue weighted by atomic mass is 10.1. The molecule has 96 valence electrons. The molecule has 1 aliphatic heterocycles. The fraction of sp³-hybridized carbons (Fsp3) is 0.385. The fourth-order valence-corrected chi connectivity index (χ4v) is 2.27. The van der Waals surface area contributed by atoms with Crippen LogP contribution in [0.25, 0.3) is 0 Å². The topological polar surface area (TPSA) is 57.6 Å². The molecule has 0 spiro atoms. The Hall–Kier alpha value is -1.20. The van der Waals surface area contributed by atoms with Gasteiger partial charge in [0.2, 0.25) is 5.78 Å². The molecule has 1 aromatic rings. The number of aliphatic hydroxyl groups is 1. The third-order valence-corrected chi connectivity index (χ3v) is 3.51. The first kappa shape index (κ1) is 13.2. The van der Waals surface area contributed by atoms with E-state index in [4.69, 9.17) is 0 Å². The number of aliphatic hydroxyl groups excluding tert-OH is 1. The number of piperidine rings is 1. The molecule has 0 radical (unpaired) electrons. The number of hydrogen-bond acceptors (Lipinski definition) is 3. The average Bonchev–Trinajstić information content (AvgIpc) is 2.38. The maximum atomic E-state index is 12.0. The number of halogens is 1. The third-order valence-electron chi connectivity index (χ3n) is 2.98. The summed E-state index contributed by atoms with van der Waals surface area (Å²) in [6.07, 6.45) is 0.914. The van der Waals surface area contributed by atoms with Gasteiger partial charge in [-0.1, -0.05) is 15.9 Å². The van der Waals surface area contributed by atoms with Crippen molar-refractivity contribution in [2.75, 3.05) is 13.1 Å². The quantitative estimate of drug-likeness (QED) is 0.667. The minimum Gasteiger partial charge on any atom is -0.391 e. The smallest absolute Gasteiger partial charge is 0.295 e. The molecule has 1 amide bonds. The highest BCUT2D eigenvalue weighted by Crippen LogP contribution is 2.14. The van der Waals surface area contributed by atoms with Crippen molar-refractivity contribution < 1.29 is 14.7 Å². The molecular formula is C13H14BrNO3. The lowest BCUT2D eigenvalue weighted by Crippen LogP contribution is -2.45. The van der Waals surface area contributed by atoms with Crippen LogP contribution in [0.5, 0.6) is 0 Å². The summed E-state index contributed by atoms with van der Waals surface area (Å²) >= 11 is 3.28. The van der Waals surface area contributed by atoms with E-state index >= 15 is 0 Å². The van der Waals surface area contributed by atoms with Crippen molar-refractivity contribution >= 4 is 27.6 Å². The first-order valence-electron chi connectivity index (χ1n) is 5.85. The number of amides is 1. The first-order chi connectivity index (χ1) is 8.58. The molecule has 1 aromatic carbocycles. The predicted octanol–water partition coefficient (Wildman–Crippen LogP) is 1.62. The van der Waals surface area contributed by atoms with Gasteiger partial charge in [0.15, 0.2) is 0 Å². The van der Waals surface area contributed by atoms with Crippen LogP contribution in [0, 0.1) is 0 Å². The Morgan fingerprint density at radius 1 is 1.28 bits per heavy atom. The molecular weight excluding hydrogens is 298 g/mol. The van der Waals surface area contributed by atoms with Gasteiger partial charge < -0.3 is 10.0 Å². The molecule has 0 aromatic heterocycles. The van der Waals surface area contributed by atoms with Gasteiger partial charge in [-0.15, -0.1) is 0 Å². The Kier molecular flexibility index (Phi) is 4.14. The molecule has 1 atom stereocenters. The highest BCUT2D eigenvalue weighted by atomic mass is 79.9. The Labute approximate surface area is 114 Å². The van der Waals surface area contributed by atoms with Crippen LogP contribution in [-0.2, 0) is 4.79 Å². The summed E-state index contributed by atoms with van der Waals surface area (Å²) in [7, 11) is 0. The second-order valence-electron chi connectivity index (χ2n) is 4.38. The molecule has 5 heteroatoms. The number of nitrogens with zero attached hydrogens (tertiary/aromatic N) is 1. The van der Waals surface area contributed by atoms with Crippen molar-refractivity contribution in [3.63, 3.8) is 0 Å². The Bertz CT molecular complexity index is 458. The standard InChI is InChI=1S/C13H14BrNO3/c14-10-5-3-9(4-6-10)12(17)13(18)15-7-1-2-11(16)8-15/h3-6,11,16H,1-2,7-8H2. The predicted molar refractivity (Wildman–Crippen MR) is 70.3 cm³/mol. The number of likely N-dealkylation sites (tertiary alicyclic amines) is 1.